The molecule has 0 aromatic carbocycles. The Kier molecular flexibility index (Phi) is 4.15. The first-order valence-electron chi connectivity index (χ1n) is 7.12. The van der Waals surface area contributed by atoms with Crippen molar-refractivity contribution in [3.63, 3.8) is 0 Å². The predicted molar refractivity (Wildman–Crippen MR) is 79.1 cm³/mol. The van der Waals surface area contributed by atoms with Crippen molar-refractivity contribution in [3.05, 3.63) is 41.1 Å². The first kappa shape index (κ1) is 14.0. The number of imidazole rings is 1. The smallest absolute Gasteiger partial charge is 0.264 e. The zero-order chi connectivity index (χ0) is 14.7. The molecular formula is C15H18N3O2S+. The van der Waals surface area contributed by atoms with E-state index in [9.17, 15) is 9.59 Å². The molecule has 6 heteroatoms. The number of nitrogens with zero attached hydrogens (tertiary/aromatic N) is 3. The van der Waals surface area contributed by atoms with Crippen LogP contribution >= 0.6 is 11.3 Å². The molecule has 2 aromatic rings. The molecule has 1 saturated heterocycles. The molecule has 1 amide bonds. The van der Waals surface area contributed by atoms with Crippen LogP contribution in [0.15, 0.2) is 36.2 Å². The number of aromatic nitrogens is 2. The molecule has 0 aliphatic carbocycles. The van der Waals surface area contributed by atoms with Crippen LogP contribution in [0, 0.1) is 0 Å². The summed E-state index contributed by atoms with van der Waals surface area (Å²) in [5, 5.41) is 1.90. The normalized spacial score (nSPS) is 14.6. The van der Waals surface area contributed by atoms with E-state index >= 15 is 0 Å². The van der Waals surface area contributed by atoms with Crippen LogP contribution in [0.1, 0.15) is 22.5 Å². The second kappa shape index (κ2) is 6.22. The van der Waals surface area contributed by atoms with Crippen LogP contribution < -0.4 is 4.57 Å². The molecular weight excluding hydrogens is 286 g/mol. The van der Waals surface area contributed by atoms with Gasteiger partial charge in [0.25, 0.3) is 5.91 Å². The highest BCUT2D eigenvalue weighted by molar-refractivity contribution is 7.12. The molecule has 0 unspecified atom stereocenters. The summed E-state index contributed by atoms with van der Waals surface area (Å²) in [5.74, 6) is 0.249. The lowest BCUT2D eigenvalue weighted by atomic mass is 10.3. The number of likely N-dealkylation sites (tertiary alicyclic amines) is 1. The Balaban J connectivity index is 1.58. The molecule has 1 aliphatic rings. The van der Waals surface area contributed by atoms with Crippen LogP contribution in [-0.4, -0.2) is 34.2 Å². The van der Waals surface area contributed by atoms with Crippen molar-refractivity contribution < 1.29 is 14.2 Å². The second-order valence-corrected chi connectivity index (χ2v) is 6.19. The van der Waals surface area contributed by atoms with Crippen LogP contribution in [-0.2, 0) is 17.9 Å². The molecule has 3 rings (SSSR count). The average molecular weight is 304 g/mol. The van der Waals surface area contributed by atoms with Crippen LogP contribution in [0.2, 0.25) is 0 Å². The van der Waals surface area contributed by atoms with Gasteiger partial charge in [-0.3, -0.25) is 9.59 Å². The molecule has 1 aliphatic heterocycles. The van der Waals surface area contributed by atoms with Gasteiger partial charge in [0.15, 0.2) is 13.1 Å². The topological polar surface area (TPSA) is 46.2 Å². The van der Waals surface area contributed by atoms with Crippen molar-refractivity contribution in [2.24, 2.45) is 0 Å². The molecule has 0 bridgehead atoms. The predicted octanol–water partition coefficient (Wildman–Crippen LogP) is 1.34. The highest BCUT2D eigenvalue weighted by atomic mass is 32.1. The second-order valence-electron chi connectivity index (χ2n) is 5.25. The third kappa shape index (κ3) is 3.39. The van der Waals surface area contributed by atoms with Gasteiger partial charge >= 0.3 is 0 Å². The monoisotopic (exact) mass is 304 g/mol. The van der Waals surface area contributed by atoms with Gasteiger partial charge in [-0.1, -0.05) is 6.07 Å². The van der Waals surface area contributed by atoms with E-state index in [1.807, 2.05) is 50.3 Å². The number of amides is 1. The SMILES string of the molecule is O=C(C[n+]1ccn(CC(=O)N2CCCC2)c1)c1cccs1. The Labute approximate surface area is 127 Å². The van der Waals surface area contributed by atoms with Crippen molar-refractivity contribution >= 4 is 23.0 Å². The first-order chi connectivity index (χ1) is 10.2. The number of thiophene rings is 1. The molecule has 0 atom stereocenters. The van der Waals surface area contributed by atoms with E-state index in [4.69, 9.17) is 0 Å². The lowest BCUT2D eigenvalue weighted by Crippen LogP contribution is -2.36. The summed E-state index contributed by atoms with van der Waals surface area (Å²) in [5.41, 5.74) is 0. The first-order valence-corrected chi connectivity index (χ1v) is 7.99. The van der Waals surface area contributed by atoms with Crippen LogP contribution in [0.4, 0.5) is 0 Å². The Hall–Kier alpha value is -1.95. The van der Waals surface area contributed by atoms with Crippen molar-refractivity contribution in [1.29, 1.82) is 0 Å². The van der Waals surface area contributed by atoms with Crippen LogP contribution in [0.3, 0.4) is 0 Å². The van der Waals surface area contributed by atoms with E-state index in [2.05, 4.69) is 0 Å². The van der Waals surface area contributed by atoms with Gasteiger partial charge in [0.1, 0.15) is 12.4 Å². The number of rotatable bonds is 5. The van der Waals surface area contributed by atoms with Crippen molar-refractivity contribution in [2.75, 3.05) is 13.1 Å². The van der Waals surface area contributed by atoms with Gasteiger partial charge in [0.05, 0.1) is 4.88 Å². The number of carbonyl (C=O) groups is 2. The van der Waals surface area contributed by atoms with Crippen molar-refractivity contribution in [3.8, 4) is 0 Å². The molecule has 21 heavy (non-hydrogen) atoms. The minimum absolute atomic E-state index is 0.0959. The maximum atomic E-state index is 12.1. The summed E-state index contributed by atoms with van der Waals surface area (Å²) < 4.78 is 3.65. The Bertz CT molecular complexity index is 627. The summed E-state index contributed by atoms with van der Waals surface area (Å²) in [6.45, 7) is 2.40. The lowest BCUT2D eigenvalue weighted by Gasteiger charge is -2.13. The van der Waals surface area contributed by atoms with Gasteiger partial charge in [-0.2, -0.15) is 0 Å². The highest BCUT2D eigenvalue weighted by Gasteiger charge is 2.20. The summed E-state index contributed by atoms with van der Waals surface area (Å²) in [6, 6.07) is 3.71. The number of carbonyl (C=O) groups excluding carboxylic acids is 2. The number of Topliss-reactive ketones (excluding diaryl/α,β-unsaturated/α-hetero) is 1. The van der Waals surface area contributed by atoms with Crippen LogP contribution in [0.5, 0.6) is 0 Å². The van der Waals surface area contributed by atoms with Gasteiger partial charge in [0.2, 0.25) is 12.1 Å². The standard InChI is InChI=1S/C15H18N3O2S/c19-13(14-4-3-9-21-14)10-16-7-8-17(12-16)11-15(20)18-5-1-2-6-18/h3-4,7-9,12H,1-2,5-6,10-11H2/q+1. The third-order valence-corrected chi connectivity index (χ3v) is 4.56. The van der Waals surface area contributed by atoms with Crippen LogP contribution in [0.25, 0.3) is 0 Å². The largest absolute Gasteiger partial charge is 0.339 e. The summed E-state index contributed by atoms with van der Waals surface area (Å²) >= 11 is 1.45. The average Bonchev–Trinajstić information content (AvgIpc) is 3.22. The fraction of sp³-hybridized carbons (Fsp3) is 0.400. The molecule has 5 nitrogen and oxygen atoms in total. The maximum Gasteiger partial charge on any atom is 0.264 e. The van der Waals surface area contributed by atoms with Gasteiger partial charge in [-0.15, -0.1) is 11.3 Å². The number of hydrogen-bond donors (Lipinski definition) is 0. The molecule has 1 fully saturated rings. The zero-order valence-corrected chi connectivity index (χ0v) is 12.6. The van der Waals surface area contributed by atoms with Gasteiger partial charge in [0, 0.05) is 13.1 Å². The summed E-state index contributed by atoms with van der Waals surface area (Å²) in [6.07, 6.45) is 7.71. The van der Waals surface area contributed by atoms with E-state index in [1.165, 1.54) is 11.3 Å². The van der Waals surface area contributed by atoms with Gasteiger partial charge < -0.3 is 4.90 Å². The highest BCUT2D eigenvalue weighted by Crippen LogP contribution is 2.09. The fourth-order valence-corrected chi connectivity index (χ4v) is 3.19. The molecule has 2 aromatic heterocycles. The third-order valence-electron chi connectivity index (χ3n) is 3.65. The number of ketones is 1. The summed E-state index contributed by atoms with van der Waals surface area (Å²) in [7, 11) is 0. The van der Waals surface area contributed by atoms with Crippen molar-refractivity contribution in [2.45, 2.75) is 25.9 Å². The van der Waals surface area contributed by atoms with Gasteiger partial charge in [-0.25, -0.2) is 9.13 Å². The van der Waals surface area contributed by atoms with E-state index in [-0.39, 0.29) is 11.7 Å². The number of hydrogen-bond acceptors (Lipinski definition) is 3. The molecule has 0 saturated carbocycles. The summed E-state index contributed by atoms with van der Waals surface area (Å²) in [4.78, 5) is 26.8. The zero-order valence-electron chi connectivity index (χ0n) is 11.8. The molecule has 0 spiro atoms. The Morgan fingerprint density at radius 1 is 1.29 bits per heavy atom. The van der Waals surface area contributed by atoms with E-state index in [0.29, 0.717) is 13.1 Å². The fourth-order valence-electron chi connectivity index (χ4n) is 2.53. The van der Waals surface area contributed by atoms with E-state index in [1.54, 1.807) is 0 Å². The molecule has 110 valence electrons. The van der Waals surface area contributed by atoms with Crippen molar-refractivity contribution in [1.82, 2.24) is 9.47 Å². The van der Waals surface area contributed by atoms with Gasteiger partial charge in [-0.05, 0) is 24.3 Å². The maximum absolute atomic E-state index is 12.1. The van der Waals surface area contributed by atoms with E-state index in [0.717, 1.165) is 30.8 Å². The minimum Gasteiger partial charge on any atom is -0.339 e. The Morgan fingerprint density at radius 2 is 2.10 bits per heavy atom. The van der Waals surface area contributed by atoms with E-state index < -0.39 is 0 Å². The Morgan fingerprint density at radius 3 is 2.81 bits per heavy atom. The molecule has 3 heterocycles. The quantitative estimate of drug-likeness (QED) is 0.618. The molecule has 0 N–H and O–H groups in total. The molecule has 0 radical (unpaired) electrons. The minimum atomic E-state index is 0.0959. The lowest BCUT2D eigenvalue weighted by molar-refractivity contribution is -0.682.